The first-order valence-electron chi connectivity index (χ1n) is 5.24. The zero-order valence-corrected chi connectivity index (χ0v) is 9.68. The van der Waals surface area contributed by atoms with E-state index in [4.69, 9.17) is 5.11 Å². The van der Waals surface area contributed by atoms with Gasteiger partial charge in [-0.3, -0.25) is 9.58 Å². The van der Waals surface area contributed by atoms with Crippen LogP contribution in [0, 0.1) is 0 Å². The fourth-order valence-corrected chi connectivity index (χ4v) is 1.35. The van der Waals surface area contributed by atoms with Crippen LogP contribution in [0.3, 0.4) is 0 Å². The second-order valence-corrected chi connectivity index (χ2v) is 3.66. The van der Waals surface area contributed by atoms with E-state index in [-0.39, 0.29) is 25.3 Å². The predicted octanol–water partition coefficient (Wildman–Crippen LogP) is 0.860. The van der Waals surface area contributed by atoms with Crippen LogP contribution in [0.4, 0.5) is 13.2 Å². The first kappa shape index (κ1) is 14.4. The maximum absolute atomic E-state index is 12.2. The summed E-state index contributed by atoms with van der Waals surface area (Å²) in [5, 5.41) is 15.5. The molecule has 0 aliphatic rings. The summed E-state index contributed by atoms with van der Waals surface area (Å²) in [7, 11) is 0. The number of hydrogen-bond acceptors (Lipinski definition) is 4. The van der Waals surface area contributed by atoms with Crippen molar-refractivity contribution < 1.29 is 23.1 Å². The molecule has 0 aliphatic heterocycles. The third kappa shape index (κ3) is 4.70. The van der Waals surface area contributed by atoms with Crippen LogP contribution < -0.4 is 0 Å². The molecule has 0 saturated carbocycles. The Kier molecular flexibility index (Phi) is 4.65. The lowest BCUT2D eigenvalue weighted by Crippen LogP contribution is -2.36. The molecule has 102 valence electrons. The number of rotatable bonds is 6. The highest BCUT2D eigenvalue weighted by Gasteiger charge is 2.29. The van der Waals surface area contributed by atoms with Gasteiger partial charge in [0, 0.05) is 6.54 Å². The highest BCUT2D eigenvalue weighted by molar-refractivity contribution is 5.84. The van der Waals surface area contributed by atoms with Crippen LogP contribution in [0.5, 0.6) is 0 Å². The van der Waals surface area contributed by atoms with Gasteiger partial charge in [-0.1, -0.05) is 12.1 Å². The Hall–Kier alpha value is -1.64. The first-order chi connectivity index (χ1) is 8.31. The number of aromatic nitrogens is 3. The monoisotopic (exact) mass is 266 g/mol. The predicted molar refractivity (Wildman–Crippen MR) is 55.2 cm³/mol. The van der Waals surface area contributed by atoms with E-state index in [1.165, 1.54) is 15.8 Å². The Labute approximate surface area is 101 Å². The normalized spacial score (nSPS) is 12.1. The Balaban J connectivity index is 2.49. The molecule has 18 heavy (non-hydrogen) atoms. The number of likely N-dealkylation sites (N-methyl/N-ethyl adjacent to an activating group) is 1. The van der Waals surface area contributed by atoms with Crippen LogP contribution in [0.15, 0.2) is 6.20 Å². The van der Waals surface area contributed by atoms with E-state index in [9.17, 15) is 18.0 Å². The van der Waals surface area contributed by atoms with Gasteiger partial charge in [0.25, 0.3) is 0 Å². The van der Waals surface area contributed by atoms with Gasteiger partial charge in [0.2, 0.25) is 0 Å². The zero-order chi connectivity index (χ0) is 13.8. The summed E-state index contributed by atoms with van der Waals surface area (Å²) in [5.74, 6) is -1.22. The summed E-state index contributed by atoms with van der Waals surface area (Å²) in [6.07, 6.45) is -3.06. The quantitative estimate of drug-likeness (QED) is 0.826. The van der Waals surface area contributed by atoms with Crippen LogP contribution in [0.2, 0.25) is 0 Å². The molecule has 1 aromatic rings. The highest BCUT2D eigenvalue weighted by atomic mass is 19.4. The van der Waals surface area contributed by atoms with E-state index in [0.717, 1.165) is 0 Å². The number of aromatic carboxylic acids is 1. The van der Waals surface area contributed by atoms with Crippen molar-refractivity contribution in [3.63, 3.8) is 0 Å². The molecule has 0 fully saturated rings. The van der Waals surface area contributed by atoms with Gasteiger partial charge in [0.1, 0.15) is 0 Å². The lowest BCUT2D eigenvalue weighted by atomic mass is 10.4. The minimum Gasteiger partial charge on any atom is -0.476 e. The summed E-state index contributed by atoms with van der Waals surface area (Å²) in [6.45, 7) is 1.16. The van der Waals surface area contributed by atoms with Gasteiger partial charge in [-0.2, -0.15) is 13.2 Å². The molecule has 0 atom stereocenters. The SMILES string of the molecule is CCN(CCn1cc(C(=O)O)nn1)CC(F)(F)F. The van der Waals surface area contributed by atoms with Crippen molar-refractivity contribution in [1.29, 1.82) is 0 Å². The van der Waals surface area contributed by atoms with Crippen LogP contribution in [-0.4, -0.2) is 56.8 Å². The summed E-state index contributed by atoms with van der Waals surface area (Å²) < 4.78 is 37.7. The highest BCUT2D eigenvalue weighted by Crippen LogP contribution is 2.16. The number of nitrogens with zero attached hydrogens (tertiary/aromatic N) is 4. The molecular formula is C9H13F3N4O2. The molecule has 9 heteroatoms. The van der Waals surface area contributed by atoms with Crippen LogP contribution >= 0.6 is 0 Å². The number of carboxylic acids is 1. The zero-order valence-electron chi connectivity index (χ0n) is 9.68. The fourth-order valence-electron chi connectivity index (χ4n) is 1.35. The van der Waals surface area contributed by atoms with Crippen molar-refractivity contribution in [1.82, 2.24) is 19.9 Å². The fraction of sp³-hybridized carbons (Fsp3) is 0.667. The smallest absolute Gasteiger partial charge is 0.401 e. The van der Waals surface area contributed by atoms with Crippen LogP contribution in [0.25, 0.3) is 0 Å². The molecule has 1 aromatic heterocycles. The molecular weight excluding hydrogens is 253 g/mol. The standard InChI is InChI=1S/C9H13F3N4O2/c1-2-15(6-9(10,11)12)3-4-16-5-7(8(17)18)13-14-16/h5H,2-4,6H2,1H3,(H,17,18). The Morgan fingerprint density at radius 2 is 2.22 bits per heavy atom. The molecule has 0 aromatic carbocycles. The Morgan fingerprint density at radius 1 is 1.56 bits per heavy atom. The van der Waals surface area contributed by atoms with E-state index in [2.05, 4.69) is 10.3 Å². The number of halogens is 3. The number of carboxylic acid groups (broad SMARTS) is 1. The molecule has 0 amide bonds. The van der Waals surface area contributed by atoms with Crippen molar-refractivity contribution in [2.45, 2.75) is 19.6 Å². The Morgan fingerprint density at radius 3 is 2.67 bits per heavy atom. The van der Waals surface area contributed by atoms with Crippen molar-refractivity contribution >= 4 is 5.97 Å². The largest absolute Gasteiger partial charge is 0.476 e. The van der Waals surface area contributed by atoms with Gasteiger partial charge in [-0.25, -0.2) is 4.79 Å². The van der Waals surface area contributed by atoms with Crippen molar-refractivity contribution in [3.05, 3.63) is 11.9 Å². The summed E-state index contributed by atoms with van der Waals surface area (Å²) >= 11 is 0. The molecule has 0 aliphatic carbocycles. The van der Waals surface area contributed by atoms with E-state index in [1.54, 1.807) is 6.92 Å². The lowest BCUT2D eigenvalue weighted by Gasteiger charge is -2.21. The summed E-state index contributed by atoms with van der Waals surface area (Å²) in [6, 6.07) is 0. The second-order valence-electron chi connectivity index (χ2n) is 3.66. The second kappa shape index (κ2) is 5.80. The average Bonchev–Trinajstić information content (AvgIpc) is 2.71. The number of carbonyl (C=O) groups is 1. The maximum atomic E-state index is 12.2. The molecule has 1 N–H and O–H groups in total. The molecule has 0 bridgehead atoms. The van der Waals surface area contributed by atoms with Crippen molar-refractivity contribution in [3.8, 4) is 0 Å². The van der Waals surface area contributed by atoms with E-state index in [0.29, 0.717) is 0 Å². The van der Waals surface area contributed by atoms with Crippen LogP contribution in [-0.2, 0) is 6.54 Å². The van der Waals surface area contributed by atoms with E-state index in [1.807, 2.05) is 0 Å². The molecule has 1 rings (SSSR count). The maximum Gasteiger partial charge on any atom is 0.401 e. The minimum absolute atomic E-state index is 0.123. The van der Waals surface area contributed by atoms with Crippen molar-refractivity contribution in [2.24, 2.45) is 0 Å². The van der Waals surface area contributed by atoms with E-state index < -0.39 is 18.7 Å². The Bertz CT molecular complexity index is 405. The third-order valence-corrected chi connectivity index (χ3v) is 2.25. The number of hydrogen-bond donors (Lipinski definition) is 1. The molecule has 0 saturated heterocycles. The minimum atomic E-state index is -4.25. The van der Waals surface area contributed by atoms with Crippen molar-refractivity contribution in [2.75, 3.05) is 19.6 Å². The van der Waals surface area contributed by atoms with Gasteiger partial charge < -0.3 is 5.11 Å². The van der Waals surface area contributed by atoms with Gasteiger partial charge in [-0.05, 0) is 6.54 Å². The summed E-state index contributed by atoms with van der Waals surface area (Å²) in [4.78, 5) is 11.7. The number of alkyl halides is 3. The topological polar surface area (TPSA) is 71.2 Å². The molecule has 0 unspecified atom stereocenters. The molecule has 0 radical (unpaired) electrons. The first-order valence-corrected chi connectivity index (χ1v) is 5.24. The molecule has 1 heterocycles. The van der Waals surface area contributed by atoms with Crippen LogP contribution in [0.1, 0.15) is 17.4 Å². The van der Waals surface area contributed by atoms with Gasteiger partial charge in [-0.15, -0.1) is 5.10 Å². The van der Waals surface area contributed by atoms with Gasteiger partial charge >= 0.3 is 12.1 Å². The summed E-state index contributed by atoms with van der Waals surface area (Å²) in [5.41, 5.74) is -0.228. The van der Waals surface area contributed by atoms with Gasteiger partial charge in [0.05, 0.1) is 19.3 Å². The van der Waals surface area contributed by atoms with Gasteiger partial charge in [0.15, 0.2) is 5.69 Å². The lowest BCUT2D eigenvalue weighted by molar-refractivity contribution is -0.145. The molecule has 6 nitrogen and oxygen atoms in total. The third-order valence-electron chi connectivity index (χ3n) is 2.25. The average molecular weight is 266 g/mol. The molecule has 0 spiro atoms. The van der Waals surface area contributed by atoms with E-state index >= 15 is 0 Å².